The quantitative estimate of drug-likeness (QED) is 0.178. The Morgan fingerprint density at radius 2 is 1.65 bits per heavy atom. The lowest BCUT2D eigenvalue weighted by molar-refractivity contribution is -0.170. The summed E-state index contributed by atoms with van der Waals surface area (Å²) < 4.78 is 17.5. The van der Waals surface area contributed by atoms with Gasteiger partial charge in [0.2, 0.25) is 0 Å². The maximum atomic E-state index is 13.0. The zero-order valence-corrected chi connectivity index (χ0v) is 21.8. The van der Waals surface area contributed by atoms with Crippen LogP contribution < -0.4 is 0 Å². The third-order valence-corrected chi connectivity index (χ3v) is 11.1. The fourth-order valence-electron chi connectivity index (χ4n) is 8.60. The van der Waals surface area contributed by atoms with Crippen molar-refractivity contribution in [2.75, 3.05) is 13.4 Å². The zero-order chi connectivity index (χ0) is 24.0. The van der Waals surface area contributed by atoms with Crippen molar-refractivity contribution >= 4 is 11.9 Å². The van der Waals surface area contributed by atoms with E-state index < -0.39 is 0 Å². The average Bonchev–Trinajstić information content (AvgIpc) is 3.61. The molecule has 9 atom stereocenters. The molecule has 5 rings (SSSR count). The number of carbonyl (C=O) groups is 2. The number of ether oxygens (including phenoxy) is 3. The Morgan fingerprint density at radius 3 is 2.38 bits per heavy atom. The average molecular weight is 475 g/mol. The minimum Gasteiger partial charge on any atom is -0.462 e. The molecule has 0 heterocycles. The monoisotopic (exact) mass is 474 g/mol. The van der Waals surface area contributed by atoms with Crippen LogP contribution in [0.2, 0.25) is 0 Å². The van der Waals surface area contributed by atoms with Crippen molar-refractivity contribution in [3.05, 3.63) is 0 Å². The molecule has 34 heavy (non-hydrogen) atoms. The predicted octanol–water partition coefficient (Wildman–Crippen LogP) is 6.00. The molecule has 5 nitrogen and oxygen atoms in total. The molecule has 192 valence electrons. The summed E-state index contributed by atoms with van der Waals surface area (Å²) in [6, 6.07) is 0. The molecule has 0 amide bonds. The fraction of sp³-hybridized carbons (Fsp3) is 0.931. The van der Waals surface area contributed by atoms with Gasteiger partial charge in [-0.1, -0.05) is 53.4 Å². The molecule has 0 aromatic heterocycles. The number of carbonyl (C=O) groups excluding carboxylic acids is 2. The van der Waals surface area contributed by atoms with Crippen molar-refractivity contribution in [3.63, 3.8) is 0 Å². The maximum absolute atomic E-state index is 13.0. The van der Waals surface area contributed by atoms with E-state index in [2.05, 4.69) is 20.8 Å². The molecule has 0 aliphatic heterocycles. The van der Waals surface area contributed by atoms with E-state index in [1.807, 2.05) is 6.92 Å². The van der Waals surface area contributed by atoms with Gasteiger partial charge in [-0.2, -0.15) is 0 Å². The Hall–Kier alpha value is -1.10. The molecule has 5 aliphatic rings. The largest absolute Gasteiger partial charge is 0.462 e. The Kier molecular flexibility index (Phi) is 7.05. The van der Waals surface area contributed by atoms with Crippen LogP contribution in [0.15, 0.2) is 0 Å². The van der Waals surface area contributed by atoms with Crippen LogP contribution in [-0.4, -0.2) is 31.4 Å². The van der Waals surface area contributed by atoms with Gasteiger partial charge >= 0.3 is 11.9 Å². The van der Waals surface area contributed by atoms with Crippen LogP contribution in [0.3, 0.4) is 0 Å². The summed E-state index contributed by atoms with van der Waals surface area (Å²) >= 11 is 0. The normalized spacial score (nSPS) is 39.8. The smallest absolute Gasteiger partial charge is 0.311 e. The zero-order valence-electron chi connectivity index (χ0n) is 21.8. The molecule has 5 aliphatic carbocycles. The Labute approximate surface area is 206 Å². The topological polar surface area (TPSA) is 61.8 Å². The van der Waals surface area contributed by atoms with Gasteiger partial charge < -0.3 is 14.2 Å². The summed E-state index contributed by atoms with van der Waals surface area (Å²) in [5.41, 5.74) is -0.0441. The summed E-state index contributed by atoms with van der Waals surface area (Å²) in [7, 11) is 0. The SMILES string of the molecule is CCC(C)(C)[C@H](C)C(=O)OC1CC2CC1C1C3CC(CC3C(=O)OCOCC3CCCCC3)C21. The fourth-order valence-corrected chi connectivity index (χ4v) is 8.60. The Bertz CT molecular complexity index is 756. The highest BCUT2D eigenvalue weighted by atomic mass is 16.7. The van der Waals surface area contributed by atoms with Crippen molar-refractivity contribution in [1.29, 1.82) is 0 Å². The van der Waals surface area contributed by atoms with E-state index in [9.17, 15) is 9.59 Å². The third kappa shape index (κ3) is 4.44. The predicted molar refractivity (Wildman–Crippen MR) is 130 cm³/mol. The van der Waals surface area contributed by atoms with Crippen molar-refractivity contribution in [2.45, 2.75) is 98.0 Å². The highest BCUT2D eigenvalue weighted by Crippen LogP contribution is 2.69. The van der Waals surface area contributed by atoms with Crippen LogP contribution in [0, 0.1) is 58.7 Å². The lowest BCUT2D eigenvalue weighted by atomic mass is 9.66. The summed E-state index contributed by atoms with van der Waals surface area (Å²) in [6.07, 6.45) is 11.8. The molecule has 5 heteroatoms. The molecule has 5 fully saturated rings. The van der Waals surface area contributed by atoms with Crippen LogP contribution in [0.5, 0.6) is 0 Å². The van der Waals surface area contributed by atoms with Gasteiger partial charge in [0.05, 0.1) is 18.4 Å². The van der Waals surface area contributed by atoms with Crippen LogP contribution in [0.1, 0.15) is 91.9 Å². The minimum absolute atomic E-state index is 0.0122. The number of esters is 2. The van der Waals surface area contributed by atoms with Gasteiger partial charge in [0, 0.05) is 0 Å². The number of fused-ring (bicyclic) bond motifs is 9. The molecular formula is C29H46O5. The van der Waals surface area contributed by atoms with Gasteiger partial charge in [-0.15, -0.1) is 0 Å². The van der Waals surface area contributed by atoms with E-state index in [-0.39, 0.29) is 42.1 Å². The molecule has 0 spiro atoms. The van der Waals surface area contributed by atoms with Crippen LogP contribution in [0.25, 0.3) is 0 Å². The van der Waals surface area contributed by atoms with Crippen LogP contribution in [0.4, 0.5) is 0 Å². The molecule has 0 radical (unpaired) electrons. The Balaban J connectivity index is 1.13. The van der Waals surface area contributed by atoms with Gasteiger partial charge in [-0.05, 0) is 85.4 Å². The van der Waals surface area contributed by atoms with Gasteiger partial charge in [-0.3, -0.25) is 9.59 Å². The highest BCUT2D eigenvalue weighted by molar-refractivity contribution is 5.74. The number of hydrogen-bond acceptors (Lipinski definition) is 5. The maximum Gasteiger partial charge on any atom is 0.311 e. The molecule has 8 unspecified atom stereocenters. The summed E-state index contributed by atoms with van der Waals surface area (Å²) in [5, 5.41) is 0. The minimum atomic E-state index is -0.0937. The summed E-state index contributed by atoms with van der Waals surface area (Å²) in [4.78, 5) is 25.9. The van der Waals surface area contributed by atoms with Crippen LogP contribution in [-0.2, 0) is 23.8 Å². The summed E-state index contributed by atoms with van der Waals surface area (Å²) in [5.74, 6) is 3.90. The molecular weight excluding hydrogens is 428 g/mol. The van der Waals surface area contributed by atoms with Gasteiger partial charge in [0.1, 0.15) is 6.10 Å². The second-order valence-corrected chi connectivity index (χ2v) is 13.0. The first-order valence-electron chi connectivity index (χ1n) is 14.2. The number of hydrogen-bond donors (Lipinski definition) is 0. The lowest BCUT2D eigenvalue weighted by Crippen LogP contribution is -2.43. The first-order chi connectivity index (χ1) is 16.3. The van der Waals surface area contributed by atoms with E-state index in [1.54, 1.807) is 0 Å². The molecule has 5 saturated carbocycles. The molecule has 0 aromatic carbocycles. The van der Waals surface area contributed by atoms with E-state index in [0.717, 1.165) is 38.2 Å². The number of rotatable bonds is 9. The molecule has 0 aromatic rings. The first kappa shape index (κ1) is 24.6. The lowest BCUT2D eigenvalue weighted by Gasteiger charge is -2.41. The second-order valence-electron chi connectivity index (χ2n) is 13.0. The molecule has 4 bridgehead atoms. The van der Waals surface area contributed by atoms with Crippen molar-refractivity contribution in [2.24, 2.45) is 58.7 Å². The van der Waals surface area contributed by atoms with Gasteiger partial charge in [0.15, 0.2) is 6.79 Å². The van der Waals surface area contributed by atoms with Crippen molar-refractivity contribution < 1.29 is 23.8 Å². The third-order valence-electron chi connectivity index (χ3n) is 11.1. The summed E-state index contributed by atoms with van der Waals surface area (Å²) in [6.45, 7) is 9.29. The van der Waals surface area contributed by atoms with E-state index in [4.69, 9.17) is 14.2 Å². The van der Waals surface area contributed by atoms with Gasteiger partial charge in [0.25, 0.3) is 0 Å². The Morgan fingerprint density at radius 1 is 0.941 bits per heavy atom. The highest BCUT2D eigenvalue weighted by Gasteiger charge is 2.66. The van der Waals surface area contributed by atoms with Crippen LogP contribution >= 0.6 is 0 Å². The van der Waals surface area contributed by atoms with Crippen molar-refractivity contribution in [3.8, 4) is 0 Å². The van der Waals surface area contributed by atoms with Crippen molar-refractivity contribution in [1.82, 2.24) is 0 Å². The van der Waals surface area contributed by atoms with E-state index in [1.165, 1.54) is 38.5 Å². The molecule has 0 saturated heterocycles. The molecule has 0 N–H and O–H groups in total. The van der Waals surface area contributed by atoms with E-state index >= 15 is 0 Å². The first-order valence-corrected chi connectivity index (χ1v) is 14.2. The van der Waals surface area contributed by atoms with Gasteiger partial charge in [-0.25, -0.2) is 0 Å². The standard InChI is InChI=1S/C29H46O5/c1-5-29(3,4)17(2)27(30)34-24-14-20-13-23(24)26-21-11-19(25(20)26)12-22(21)28(31)33-16-32-15-18-9-7-6-8-10-18/h17-26H,5-16H2,1-4H3/t17-,19?,20?,21?,22?,23?,24?,25?,26?/m1/s1. The van der Waals surface area contributed by atoms with E-state index in [0.29, 0.717) is 35.5 Å². The second kappa shape index (κ2) is 9.75.